The number of halogens is 1. The maximum atomic E-state index is 13.0. The Morgan fingerprint density at radius 3 is 2.83 bits per heavy atom. The minimum Gasteiger partial charge on any atom is -0.376 e. The van der Waals surface area contributed by atoms with Crippen LogP contribution < -0.4 is 5.32 Å². The second-order valence-corrected chi connectivity index (χ2v) is 9.11. The summed E-state index contributed by atoms with van der Waals surface area (Å²) in [5, 5.41) is 4.32. The molecule has 1 aromatic carbocycles. The van der Waals surface area contributed by atoms with E-state index in [2.05, 4.69) is 15.2 Å². The number of aromatic nitrogens is 1. The summed E-state index contributed by atoms with van der Waals surface area (Å²) in [4.78, 5) is 18.4. The Kier molecular flexibility index (Phi) is 5.31. The molecule has 4 atom stereocenters. The molecule has 0 unspecified atom stereocenters. The van der Waals surface area contributed by atoms with E-state index in [1.54, 1.807) is 0 Å². The van der Waals surface area contributed by atoms with Crippen LogP contribution in [0, 0.1) is 17.8 Å². The predicted octanol–water partition coefficient (Wildman–Crippen LogP) is 3.37. The smallest absolute Gasteiger partial charge is 0.251 e. The first-order valence-corrected chi connectivity index (χ1v) is 11.0. The lowest BCUT2D eigenvalue weighted by molar-refractivity contribution is -0.0212. The fourth-order valence-electron chi connectivity index (χ4n) is 5.14. The third-order valence-electron chi connectivity index (χ3n) is 6.97. The summed E-state index contributed by atoms with van der Waals surface area (Å²) < 4.78 is 19.1. The van der Waals surface area contributed by atoms with Gasteiger partial charge in [0, 0.05) is 48.9 Å². The number of hydrogen-bond acceptors (Lipinski definition) is 3. The molecule has 1 aliphatic heterocycles. The molecule has 5 nitrogen and oxygen atoms in total. The van der Waals surface area contributed by atoms with E-state index in [-0.39, 0.29) is 24.7 Å². The number of H-pyrrole nitrogens is 1. The first kappa shape index (κ1) is 19.1. The van der Waals surface area contributed by atoms with E-state index >= 15 is 0 Å². The number of ether oxygens (including phenoxy) is 1. The van der Waals surface area contributed by atoms with Crippen molar-refractivity contribution in [3.63, 3.8) is 0 Å². The molecule has 156 valence electrons. The van der Waals surface area contributed by atoms with Crippen LogP contribution in [0.1, 0.15) is 36.0 Å². The lowest BCUT2D eigenvalue weighted by Gasteiger charge is -2.38. The molecule has 1 saturated heterocycles. The molecule has 0 radical (unpaired) electrons. The summed E-state index contributed by atoms with van der Waals surface area (Å²) in [6.07, 6.45) is 6.34. The standard InChI is InChI=1S/C23H30FN3O2/c24-6-8-27-12-18-10-21(22(11-19(18)13-27)29-14-15-1-2-15)26-23(28)17-3-4-20-16(9-17)5-7-25-20/h3-5,7,9,15,18-19,21-22,25H,1-2,6,8,10-14H2,(H,26,28)/t18-,19+,21-,22-/m0/s1. The molecule has 3 fully saturated rings. The van der Waals surface area contributed by atoms with Gasteiger partial charge in [-0.25, -0.2) is 4.39 Å². The first-order chi connectivity index (χ1) is 14.2. The summed E-state index contributed by atoms with van der Waals surface area (Å²) in [7, 11) is 0. The summed E-state index contributed by atoms with van der Waals surface area (Å²) in [5.41, 5.74) is 1.72. The van der Waals surface area contributed by atoms with Crippen molar-refractivity contribution in [1.29, 1.82) is 0 Å². The Morgan fingerprint density at radius 1 is 1.21 bits per heavy atom. The molecule has 2 saturated carbocycles. The van der Waals surface area contributed by atoms with Crippen molar-refractivity contribution in [2.24, 2.45) is 17.8 Å². The van der Waals surface area contributed by atoms with Crippen LogP contribution in [0.15, 0.2) is 30.5 Å². The maximum Gasteiger partial charge on any atom is 0.251 e. The number of aromatic amines is 1. The van der Waals surface area contributed by atoms with E-state index < -0.39 is 0 Å². The van der Waals surface area contributed by atoms with Gasteiger partial charge in [0.1, 0.15) is 6.67 Å². The van der Waals surface area contributed by atoms with Crippen molar-refractivity contribution in [3.8, 4) is 0 Å². The van der Waals surface area contributed by atoms with Crippen LogP contribution >= 0.6 is 0 Å². The number of hydrogen-bond donors (Lipinski definition) is 2. The SMILES string of the molecule is O=C(N[C@H]1C[C@H]2CN(CCF)C[C@H]2C[C@@H]1OCC1CC1)c1ccc2[nH]ccc2c1. The van der Waals surface area contributed by atoms with Crippen LogP contribution in [0.3, 0.4) is 0 Å². The van der Waals surface area contributed by atoms with Crippen LogP contribution in [0.5, 0.6) is 0 Å². The van der Waals surface area contributed by atoms with E-state index in [4.69, 9.17) is 4.74 Å². The molecule has 6 heteroatoms. The van der Waals surface area contributed by atoms with Gasteiger partial charge in [0.15, 0.2) is 0 Å². The molecule has 2 heterocycles. The summed E-state index contributed by atoms with van der Waals surface area (Å²) in [6.45, 7) is 2.93. The highest BCUT2D eigenvalue weighted by atomic mass is 19.1. The Morgan fingerprint density at radius 2 is 2.03 bits per heavy atom. The monoisotopic (exact) mass is 399 g/mol. The molecular weight excluding hydrogens is 369 g/mol. The average molecular weight is 400 g/mol. The van der Waals surface area contributed by atoms with Crippen LogP contribution in [-0.4, -0.2) is 60.9 Å². The number of carbonyl (C=O) groups is 1. The molecule has 3 aliphatic rings. The lowest BCUT2D eigenvalue weighted by Crippen LogP contribution is -2.50. The molecule has 0 spiro atoms. The van der Waals surface area contributed by atoms with Gasteiger partial charge in [0.05, 0.1) is 12.1 Å². The van der Waals surface area contributed by atoms with E-state index in [1.807, 2.05) is 30.5 Å². The largest absolute Gasteiger partial charge is 0.376 e. The predicted molar refractivity (Wildman–Crippen MR) is 111 cm³/mol. The highest BCUT2D eigenvalue weighted by molar-refractivity contribution is 5.98. The van der Waals surface area contributed by atoms with Gasteiger partial charge in [-0.15, -0.1) is 0 Å². The Balaban J connectivity index is 1.29. The molecular formula is C23H30FN3O2. The van der Waals surface area contributed by atoms with Crippen LogP contribution in [0.2, 0.25) is 0 Å². The fourth-order valence-corrected chi connectivity index (χ4v) is 5.14. The van der Waals surface area contributed by atoms with Gasteiger partial charge in [0.2, 0.25) is 0 Å². The van der Waals surface area contributed by atoms with Crippen molar-refractivity contribution < 1.29 is 13.9 Å². The zero-order valence-electron chi connectivity index (χ0n) is 16.8. The first-order valence-electron chi connectivity index (χ1n) is 11.0. The number of alkyl halides is 1. The van der Waals surface area contributed by atoms with Gasteiger partial charge in [-0.2, -0.15) is 0 Å². The van der Waals surface area contributed by atoms with Crippen molar-refractivity contribution in [2.45, 2.75) is 37.8 Å². The number of carbonyl (C=O) groups excluding carboxylic acids is 1. The minimum atomic E-state index is -0.289. The van der Waals surface area contributed by atoms with Gasteiger partial charge < -0.3 is 19.9 Å². The third-order valence-corrected chi connectivity index (χ3v) is 6.97. The van der Waals surface area contributed by atoms with Crippen molar-refractivity contribution >= 4 is 16.8 Å². The number of fused-ring (bicyclic) bond motifs is 2. The number of benzene rings is 1. The van der Waals surface area contributed by atoms with Gasteiger partial charge in [-0.05, 0) is 67.7 Å². The molecule has 0 bridgehead atoms. The minimum absolute atomic E-state index is 0.0229. The molecule has 1 aromatic heterocycles. The summed E-state index contributed by atoms with van der Waals surface area (Å²) >= 11 is 0. The highest BCUT2D eigenvalue weighted by Gasteiger charge is 2.43. The molecule has 29 heavy (non-hydrogen) atoms. The third kappa shape index (κ3) is 4.19. The fraction of sp³-hybridized carbons (Fsp3) is 0.609. The molecule has 2 aliphatic carbocycles. The molecule has 1 amide bonds. The van der Waals surface area contributed by atoms with Crippen LogP contribution in [0.25, 0.3) is 10.9 Å². The van der Waals surface area contributed by atoms with E-state index in [0.29, 0.717) is 29.9 Å². The lowest BCUT2D eigenvalue weighted by atomic mass is 9.77. The zero-order valence-corrected chi connectivity index (χ0v) is 16.8. The van der Waals surface area contributed by atoms with E-state index in [9.17, 15) is 9.18 Å². The number of nitrogens with one attached hydrogen (secondary N) is 2. The zero-order chi connectivity index (χ0) is 19.8. The average Bonchev–Trinajstić information content (AvgIpc) is 3.28. The number of amides is 1. The summed E-state index contributed by atoms with van der Waals surface area (Å²) in [6, 6.07) is 7.77. The Labute approximate surface area is 171 Å². The quantitative estimate of drug-likeness (QED) is 0.751. The number of likely N-dealkylation sites (tertiary alicyclic amines) is 1. The van der Waals surface area contributed by atoms with Gasteiger partial charge >= 0.3 is 0 Å². The van der Waals surface area contributed by atoms with Crippen molar-refractivity contribution in [3.05, 3.63) is 36.0 Å². The normalized spacial score (nSPS) is 29.8. The van der Waals surface area contributed by atoms with Gasteiger partial charge in [-0.1, -0.05) is 0 Å². The second kappa shape index (κ2) is 8.07. The Bertz CT molecular complexity index is 865. The second-order valence-electron chi connectivity index (χ2n) is 9.11. The van der Waals surface area contributed by atoms with Crippen LogP contribution in [0.4, 0.5) is 4.39 Å². The number of rotatable bonds is 7. The van der Waals surface area contributed by atoms with Crippen molar-refractivity contribution in [2.75, 3.05) is 32.9 Å². The van der Waals surface area contributed by atoms with Crippen LogP contribution in [-0.2, 0) is 4.74 Å². The highest BCUT2D eigenvalue weighted by Crippen LogP contribution is 2.39. The summed E-state index contributed by atoms with van der Waals surface area (Å²) in [5.74, 6) is 1.73. The van der Waals surface area contributed by atoms with Crippen molar-refractivity contribution in [1.82, 2.24) is 15.2 Å². The number of nitrogens with zero attached hydrogens (tertiary/aromatic N) is 1. The van der Waals surface area contributed by atoms with E-state index in [1.165, 1.54) is 12.8 Å². The molecule has 2 N–H and O–H groups in total. The maximum absolute atomic E-state index is 13.0. The molecule has 2 aromatic rings. The topological polar surface area (TPSA) is 57.4 Å². The van der Waals surface area contributed by atoms with Gasteiger partial charge in [0.25, 0.3) is 5.91 Å². The Hall–Kier alpha value is -1.92. The van der Waals surface area contributed by atoms with Gasteiger partial charge in [-0.3, -0.25) is 4.79 Å². The van der Waals surface area contributed by atoms with E-state index in [0.717, 1.165) is 43.4 Å². The molecule has 5 rings (SSSR count).